The van der Waals surface area contributed by atoms with Crippen molar-refractivity contribution >= 4 is 28.9 Å². The van der Waals surface area contributed by atoms with Crippen LogP contribution in [0.5, 0.6) is 0 Å². The van der Waals surface area contributed by atoms with E-state index in [1.54, 1.807) is 0 Å². The molecule has 0 radical (unpaired) electrons. The van der Waals surface area contributed by atoms with Crippen LogP contribution in [0.2, 0.25) is 5.02 Å². The number of halogens is 1. The summed E-state index contributed by atoms with van der Waals surface area (Å²) in [5.74, 6) is 7.80. The van der Waals surface area contributed by atoms with Crippen molar-refractivity contribution in [1.82, 2.24) is 9.97 Å². The van der Waals surface area contributed by atoms with E-state index in [4.69, 9.17) is 17.4 Å². The van der Waals surface area contributed by atoms with Crippen LogP contribution in [-0.2, 0) is 0 Å². The predicted molar refractivity (Wildman–Crippen MR) is 83.4 cm³/mol. The van der Waals surface area contributed by atoms with Crippen molar-refractivity contribution in [1.29, 1.82) is 0 Å². The van der Waals surface area contributed by atoms with Gasteiger partial charge in [-0.1, -0.05) is 31.5 Å². The fraction of sp³-hybridized carbons (Fsp3) is 0.286. The normalized spacial score (nSPS) is 10.7. The van der Waals surface area contributed by atoms with Gasteiger partial charge in [0.2, 0.25) is 0 Å². The van der Waals surface area contributed by atoms with Gasteiger partial charge < -0.3 is 10.7 Å². The molecule has 20 heavy (non-hydrogen) atoms. The lowest BCUT2D eigenvalue weighted by atomic mass is 10.2. The molecule has 0 amide bonds. The van der Waals surface area contributed by atoms with E-state index in [1.165, 1.54) is 0 Å². The minimum absolute atomic E-state index is 0.211. The Hall–Kier alpha value is -1.85. The summed E-state index contributed by atoms with van der Waals surface area (Å²) >= 11 is 5.99. The quantitative estimate of drug-likeness (QED) is 0.593. The Balaban J connectivity index is 2.42. The SMILES string of the molecule is Cc1c(NN)nc(C(C)C)nc1Nc1cccc(Cl)c1. The van der Waals surface area contributed by atoms with Crippen LogP contribution in [0.15, 0.2) is 24.3 Å². The average Bonchev–Trinajstić information content (AvgIpc) is 2.41. The van der Waals surface area contributed by atoms with Gasteiger partial charge in [-0.3, -0.25) is 0 Å². The highest BCUT2D eigenvalue weighted by molar-refractivity contribution is 6.30. The van der Waals surface area contributed by atoms with E-state index in [0.717, 1.165) is 22.9 Å². The molecule has 0 fully saturated rings. The summed E-state index contributed by atoms with van der Waals surface area (Å²) in [6.07, 6.45) is 0. The highest BCUT2D eigenvalue weighted by Crippen LogP contribution is 2.26. The minimum atomic E-state index is 0.211. The first-order valence-corrected chi connectivity index (χ1v) is 6.76. The van der Waals surface area contributed by atoms with Crippen LogP contribution in [0.1, 0.15) is 31.2 Å². The second kappa shape index (κ2) is 6.07. The van der Waals surface area contributed by atoms with Crippen LogP contribution >= 0.6 is 11.6 Å². The number of benzene rings is 1. The summed E-state index contributed by atoms with van der Waals surface area (Å²) in [7, 11) is 0. The highest BCUT2D eigenvalue weighted by atomic mass is 35.5. The Kier molecular flexibility index (Phi) is 4.42. The molecule has 0 aliphatic carbocycles. The summed E-state index contributed by atoms with van der Waals surface area (Å²) in [4.78, 5) is 8.94. The molecular formula is C14H18ClN5. The Morgan fingerprint density at radius 1 is 1.20 bits per heavy atom. The van der Waals surface area contributed by atoms with Gasteiger partial charge in [0.05, 0.1) is 0 Å². The Bertz CT molecular complexity index is 613. The molecule has 106 valence electrons. The topological polar surface area (TPSA) is 75.9 Å². The molecule has 0 bridgehead atoms. The maximum absolute atomic E-state index is 5.99. The molecule has 0 aliphatic heterocycles. The summed E-state index contributed by atoms with van der Waals surface area (Å²) in [5, 5.41) is 3.92. The molecule has 2 rings (SSSR count). The fourth-order valence-electron chi connectivity index (χ4n) is 1.76. The zero-order chi connectivity index (χ0) is 14.7. The van der Waals surface area contributed by atoms with Crippen LogP contribution < -0.4 is 16.6 Å². The van der Waals surface area contributed by atoms with Crippen LogP contribution in [0, 0.1) is 6.92 Å². The zero-order valence-electron chi connectivity index (χ0n) is 11.7. The van der Waals surface area contributed by atoms with Gasteiger partial charge in [0.15, 0.2) is 0 Å². The van der Waals surface area contributed by atoms with E-state index in [2.05, 4.69) is 20.7 Å². The largest absolute Gasteiger partial charge is 0.340 e. The summed E-state index contributed by atoms with van der Waals surface area (Å²) in [6, 6.07) is 7.48. The second-order valence-corrected chi connectivity index (χ2v) is 5.27. The molecular weight excluding hydrogens is 274 g/mol. The summed E-state index contributed by atoms with van der Waals surface area (Å²) in [6.45, 7) is 5.98. The molecule has 4 N–H and O–H groups in total. The second-order valence-electron chi connectivity index (χ2n) is 4.84. The van der Waals surface area contributed by atoms with E-state index in [1.807, 2.05) is 45.0 Å². The standard InChI is InChI=1S/C14H18ClN5/c1-8(2)12-18-13(9(3)14(19-12)20-16)17-11-6-4-5-10(15)7-11/h4-8H,16H2,1-3H3,(H2,17,18,19,20). The lowest BCUT2D eigenvalue weighted by Crippen LogP contribution is -2.14. The van der Waals surface area contributed by atoms with Crippen molar-refractivity contribution < 1.29 is 0 Å². The molecule has 0 unspecified atom stereocenters. The Morgan fingerprint density at radius 3 is 2.50 bits per heavy atom. The lowest BCUT2D eigenvalue weighted by Gasteiger charge is -2.15. The third-order valence-electron chi connectivity index (χ3n) is 2.90. The Labute approximate surface area is 123 Å². The first kappa shape index (κ1) is 14.6. The van der Waals surface area contributed by atoms with Crippen LogP contribution in [0.3, 0.4) is 0 Å². The van der Waals surface area contributed by atoms with Crippen LogP contribution in [0.25, 0.3) is 0 Å². The summed E-state index contributed by atoms with van der Waals surface area (Å²) < 4.78 is 0. The molecule has 1 aromatic heterocycles. The van der Waals surface area contributed by atoms with Gasteiger partial charge in [-0.05, 0) is 25.1 Å². The maximum atomic E-state index is 5.99. The summed E-state index contributed by atoms with van der Waals surface area (Å²) in [5.41, 5.74) is 4.34. The number of hydrogen-bond acceptors (Lipinski definition) is 5. The molecule has 0 atom stereocenters. The molecule has 0 aliphatic rings. The minimum Gasteiger partial charge on any atom is -0.340 e. The lowest BCUT2D eigenvalue weighted by molar-refractivity contribution is 0.774. The van der Waals surface area contributed by atoms with Gasteiger partial charge in [-0.15, -0.1) is 0 Å². The smallest absolute Gasteiger partial charge is 0.148 e. The van der Waals surface area contributed by atoms with Crippen LogP contribution in [-0.4, -0.2) is 9.97 Å². The van der Waals surface area contributed by atoms with E-state index in [9.17, 15) is 0 Å². The first-order chi connectivity index (χ1) is 9.51. The van der Waals surface area contributed by atoms with Crippen molar-refractivity contribution in [3.8, 4) is 0 Å². The number of nitrogens with two attached hydrogens (primary N) is 1. The molecule has 2 aromatic rings. The average molecular weight is 292 g/mol. The molecule has 0 saturated carbocycles. The van der Waals surface area contributed by atoms with Gasteiger partial charge in [-0.25, -0.2) is 15.8 Å². The third kappa shape index (κ3) is 3.18. The fourth-order valence-corrected chi connectivity index (χ4v) is 1.95. The zero-order valence-corrected chi connectivity index (χ0v) is 12.5. The van der Waals surface area contributed by atoms with Crippen molar-refractivity contribution in [3.63, 3.8) is 0 Å². The first-order valence-electron chi connectivity index (χ1n) is 6.39. The van der Waals surface area contributed by atoms with Gasteiger partial charge in [0.1, 0.15) is 17.5 Å². The molecule has 6 heteroatoms. The molecule has 1 heterocycles. The van der Waals surface area contributed by atoms with E-state index in [0.29, 0.717) is 10.8 Å². The number of hydrazine groups is 1. The number of anilines is 3. The van der Waals surface area contributed by atoms with Crippen LogP contribution in [0.4, 0.5) is 17.3 Å². The third-order valence-corrected chi connectivity index (χ3v) is 3.14. The number of aromatic nitrogens is 2. The number of hydrogen-bond donors (Lipinski definition) is 3. The number of nitrogen functional groups attached to an aromatic ring is 1. The highest BCUT2D eigenvalue weighted by Gasteiger charge is 2.12. The predicted octanol–water partition coefficient (Wildman–Crippen LogP) is 3.59. The maximum Gasteiger partial charge on any atom is 0.148 e. The van der Waals surface area contributed by atoms with E-state index in [-0.39, 0.29) is 5.92 Å². The number of rotatable bonds is 4. The van der Waals surface area contributed by atoms with Crippen molar-refractivity contribution in [2.75, 3.05) is 10.7 Å². The molecule has 0 saturated heterocycles. The monoisotopic (exact) mass is 291 g/mol. The van der Waals surface area contributed by atoms with Crippen molar-refractivity contribution in [2.24, 2.45) is 5.84 Å². The van der Waals surface area contributed by atoms with E-state index < -0.39 is 0 Å². The van der Waals surface area contributed by atoms with Gasteiger partial charge in [-0.2, -0.15) is 0 Å². The Morgan fingerprint density at radius 2 is 1.90 bits per heavy atom. The van der Waals surface area contributed by atoms with Crippen molar-refractivity contribution in [3.05, 3.63) is 40.7 Å². The van der Waals surface area contributed by atoms with Gasteiger partial charge in [0.25, 0.3) is 0 Å². The molecule has 1 aromatic carbocycles. The number of nitrogens with one attached hydrogen (secondary N) is 2. The van der Waals surface area contributed by atoms with Gasteiger partial charge >= 0.3 is 0 Å². The molecule has 0 spiro atoms. The molecule has 5 nitrogen and oxygen atoms in total. The van der Waals surface area contributed by atoms with E-state index >= 15 is 0 Å². The van der Waals surface area contributed by atoms with Gasteiger partial charge in [0, 0.05) is 22.2 Å². The van der Waals surface area contributed by atoms with Crippen molar-refractivity contribution in [2.45, 2.75) is 26.7 Å². The number of nitrogens with zero attached hydrogens (tertiary/aromatic N) is 2.